The van der Waals surface area contributed by atoms with Crippen molar-refractivity contribution in [3.8, 4) is 0 Å². The van der Waals surface area contributed by atoms with Gasteiger partial charge in [0.25, 0.3) is 0 Å². The highest BCUT2D eigenvalue weighted by atomic mass is 32.1. The predicted octanol–water partition coefficient (Wildman–Crippen LogP) is 4.69. The monoisotopic (exact) mass is 613 g/mol. The fourth-order valence-electron chi connectivity index (χ4n) is 6.38. The first-order valence-corrected chi connectivity index (χ1v) is 15.9. The minimum atomic E-state index is -1.32. The summed E-state index contributed by atoms with van der Waals surface area (Å²) in [4.78, 5) is 55.8. The summed E-state index contributed by atoms with van der Waals surface area (Å²) in [6, 6.07) is 13.5. The zero-order valence-corrected chi connectivity index (χ0v) is 25.3. The maximum Gasteiger partial charge on any atom is 0.405 e. The van der Waals surface area contributed by atoms with E-state index in [1.807, 2.05) is 65.5 Å². The number of hydrogen-bond donors (Lipinski definition) is 3. The maximum atomic E-state index is 14.1. The number of para-hydroxylation sites is 2. The number of aryl methyl sites for hydroxylation is 1. The molecule has 1 unspecified atom stereocenters. The number of carbonyl (C=O) groups is 4. The third-order valence-electron chi connectivity index (χ3n) is 8.33. The normalized spacial score (nSPS) is 17.2. The van der Waals surface area contributed by atoms with E-state index in [2.05, 4.69) is 22.1 Å². The lowest BCUT2D eigenvalue weighted by Gasteiger charge is -2.37. The van der Waals surface area contributed by atoms with Gasteiger partial charge in [-0.25, -0.2) is 4.79 Å². The molecule has 6 rings (SSSR count). The summed E-state index contributed by atoms with van der Waals surface area (Å²) in [5, 5.41) is 19.8. The van der Waals surface area contributed by atoms with Crippen LogP contribution in [0, 0.1) is 0 Å². The number of carbonyl (C=O) groups excluding carboxylic acids is 3. The van der Waals surface area contributed by atoms with Crippen molar-refractivity contribution < 1.29 is 24.3 Å². The Kier molecular flexibility index (Phi) is 8.38. The molecule has 0 aliphatic carbocycles. The number of anilines is 2. The molecule has 2 aliphatic rings. The molecule has 228 valence electrons. The van der Waals surface area contributed by atoms with Crippen LogP contribution in [0.1, 0.15) is 42.9 Å². The van der Waals surface area contributed by atoms with Crippen molar-refractivity contribution in [1.82, 2.24) is 15.2 Å². The number of amides is 4. The zero-order chi connectivity index (χ0) is 30.8. The molecule has 4 aromatic rings. The van der Waals surface area contributed by atoms with Gasteiger partial charge >= 0.3 is 6.09 Å². The van der Waals surface area contributed by atoms with Crippen LogP contribution in [0.15, 0.2) is 65.5 Å². The lowest BCUT2D eigenvalue weighted by atomic mass is 9.94. The van der Waals surface area contributed by atoms with Crippen molar-refractivity contribution in [1.29, 1.82) is 0 Å². The number of rotatable bonds is 10. The van der Waals surface area contributed by atoms with Crippen LogP contribution in [0.2, 0.25) is 0 Å². The summed E-state index contributed by atoms with van der Waals surface area (Å²) >= 11 is 1.53. The van der Waals surface area contributed by atoms with Gasteiger partial charge in [0.2, 0.25) is 17.7 Å². The molecule has 1 fully saturated rings. The summed E-state index contributed by atoms with van der Waals surface area (Å²) in [7, 11) is 0. The molecular formula is C33H35N5O5S. The van der Waals surface area contributed by atoms with Gasteiger partial charge in [-0.15, -0.1) is 0 Å². The maximum absolute atomic E-state index is 14.1. The molecule has 0 saturated carbocycles. The van der Waals surface area contributed by atoms with Crippen LogP contribution >= 0.6 is 11.3 Å². The third-order valence-corrected chi connectivity index (χ3v) is 9.06. The Morgan fingerprint density at radius 2 is 1.95 bits per heavy atom. The van der Waals surface area contributed by atoms with E-state index in [1.54, 1.807) is 9.80 Å². The molecule has 3 N–H and O–H groups in total. The predicted molar refractivity (Wildman–Crippen MR) is 170 cm³/mol. The Morgan fingerprint density at radius 1 is 1.11 bits per heavy atom. The number of nitrogens with one attached hydrogen (secondary N) is 2. The summed E-state index contributed by atoms with van der Waals surface area (Å²) < 4.78 is 2.12. The first-order valence-electron chi connectivity index (χ1n) is 14.9. The van der Waals surface area contributed by atoms with E-state index >= 15 is 0 Å². The Hall–Kier alpha value is -4.64. The fourth-order valence-corrected chi connectivity index (χ4v) is 7.04. The van der Waals surface area contributed by atoms with E-state index in [0.717, 1.165) is 47.0 Å². The summed E-state index contributed by atoms with van der Waals surface area (Å²) in [6.07, 6.45) is 3.17. The topological polar surface area (TPSA) is 124 Å². The lowest BCUT2D eigenvalue weighted by molar-refractivity contribution is -0.129. The van der Waals surface area contributed by atoms with Crippen LogP contribution in [-0.2, 0) is 40.3 Å². The van der Waals surface area contributed by atoms with Crippen LogP contribution in [-0.4, -0.2) is 52.1 Å². The zero-order valence-electron chi connectivity index (χ0n) is 24.5. The largest absolute Gasteiger partial charge is 0.465 e. The molecule has 44 heavy (non-hydrogen) atoms. The SMILES string of the molecule is CCCn1cc(C[C@@H](NC(=O)O)C(=O)NC2Cc3cccc(N4CCCC4=O)c3N(Cc3ccsc3)C2=O)c2ccccc21. The van der Waals surface area contributed by atoms with Gasteiger partial charge in [-0.2, -0.15) is 11.3 Å². The van der Waals surface area contributed by atoms with Crippen molar-refractivity contribution >= 4 is 57.4 Å². The number of hydrogen-bond acceptors (Lipinski definition) is 5. The van der Waals surface area contributed by atoms with Gasteiger partial charge in [-0.05, 0) is 58.5 Å². The Labute approximate surface area is 259 Å². The second-order valence-electron chi connectivity index (χ2n) is 11.3. The van der Waals surface area contributed by atoms with Crippen molar-refractivity contribution in [2.75, 3.05) is 16.3 Å². The van der Waals surface area contributed by atoms with E-state index in [9.17, 15) is 24.3 Å². The van der Waals surface area contributed by atoms with Crippen molar-refractivity contribution in [3.05, 3.63) is 82.2 Å². The minimum Gasteiger partial charge on any atom is -0.465 e. The number of carboxylic acid groups (broad SMARTS) is 1. The van der Waals surface area contributed by atoms with E-state index in [4.69, 9.17) is 0 Å². The molecule has 11 heteroatoms. The summed E-state index contributed by atoms with van der Waals surface area (Å²) in [5.74, 6) is -0.840. The van der Waals surface area contributed by atoms with Crippen molar-refractivity contribution in [2.45, 2.75) is 64.2 Å². The molecule has 0 spiro atoms. The Bertz CT molecular complexity index is 1710. The molecule has 10 nitrogen and oxygen atoms in total. The smallest absolute Gasteiger partial charge is 0.405 e. The van der Waals surface area contributed by atoms with Gasteiger partial charge in [-0.3, -0.25) is 14.4 Å². The number of nitrogens with zero attached hydrogens (tertiary/aromatic N) is 3. The molecule has 4 heterocycles. The van der Waals surface area contributed by atoms with Gasteiger partial charge in [0.1, 0.15) is 12.1 Å². The fraction of sp³-hybridized carbons (Fsp3) is 0.333. The van der Waals surface area contributed by atoms with Gasteiger partial charge < -0.3 is 30.1 Å². The average Bonchev–Trinajstić information content (AvgIpc) is 3.76. The van der Waals surface area contributed by atoms with E-state index in [1.165, 1.54) is 11.3 Å². The molecule has 2 aromatic carbocycles. The number of aromatic nitrogens is 1. The quantitative estimate of drug-likeness (QED) is 0.239. The molecule has 2 aliphatic heterocycles. The highest BCUT2D eigenvalue weighted by molar-refractivity contribution is 7.07. The van der Waals surface area contributed by atoms with Crippen LogP contribution in [0.5, 0.6) is 0 Å². The van der Waals surface area contributed by atoms with Gasteiger partial charge in [-0.1, -0.05) is 37.3 Å². The number of thiophene rings is 1. The van der Waals surface area contributed by atoms with Crippen LogP contribution < -0.4 is 20.4 Å². The van der Waals surface area contributed by atoms with E-state index in [0.29, 0.717) is 24.3 Å². The van der Waals surface area contributed by atoms with E-state index in [-0.39, 0.29) is 31.2 Å². The summed E-state index contributed by atoms with van der Waals surface area (Å²) in [6.45, 7) is 3.76. The lowest BCUT2D eigenvalue weighted by Crippen LogP contribution is -2.57. The molecular weight excluding hydrogens is 578 g/mol. The highest BCUT2D eigenvalue weighted by Gasteiger charge is 2.38. The first-order chi connectivity index (χ1) is 21.3. The van der Waals surface area contributed by atoms with Crippen LogP contribution in [0.3, 0.4) is 0 Å². The molecule has 2 aromatic heterocycles. The first kappa shape index (κ1) is 29.4. The number of fused-ring (bicyclic) bond motifs is 2. The van der Waals surface area contributed by atoms with Crippen molar-refractivity contribution in [3.63, 3.8) is 0 Å². The van der Waals surface area contributed by atoms with E-state index < -0.39 is 24.1 Å². The Morgan fingerprint density at radius 3 is 2.68 bits per heavy atom. The van der Waals surface area contributed by atoms with Gasteiger partial charge in [0, 0.05) is 49.5 Å². The summed E-state index contributed by atoms with van der Waals surface area (Å²) in [5.41, 5.74) is 5.04. The second kappa shape index (κ2) is 12.5. The van der Waals surface area contributed by atoms with Crippen molar-refractivity contribution in [2.24, 2.45) is 0 Å². The molecule has 0 radical (unpaired) electrons. The molecule has 4 amide bonds. The highest BCUT2D eigenvalue weighted by Crippen LogP contribution is 2.40. The van der Waals surface area contributed by atoms with Gasteiger partial charge in [0.15, 0.2) is 0 Å². The van der Waals surface area contributed by atoms with Gasteiger partial charge in [0.05, 0.1) is 17.9 Å². The van der Waals surface area contributed by atoms with Crippen LogP contribution in [0.4, 0.5) is 16.2 Å². The molecule has 2 atom stereocenters. The molecule has 0 bridgehead atoms. The third kappa shape index (κ3) is 5.79. The molecule has 1 saturated heterocycles. The second-order valence-corrected chi connectivity index (χ2v) is 12.1. The Balaban J connectivity index is 1.30. The van der Waals surface area contributed by atoms with Crippen LogP contribution in [0.25, 0.3) is 10.9 Å². The minimum absolute atomic E-state index is 0.0274. The average molecular weight is 614 g/mol. The standard InChI is InChI=1S/C33H35N5O5S/c1-2-13-36-19-23(24-8-3-4-9-27(24)36)17-25(35-33(42)43)31(40)34-26-16-22-7-5-10-28(37-14-6-11-29(37)39)30(22)38(32(26)41)18-21-12-15-44-20-21/h3-5,7-10,12,15,19-20,25-26,35H,2,6,11,13-14,16-18H2,1H3,(H,34,40)(H,42,43)/t25-,26?/m1/s1. The number of benzene rings is 2.